The van der Waals surface area contributed by atoms with E-state index in [0.717, 1.165) is 12.8 Å². The van der Waals surface area contributed by atoms with Crippen LogP contribution in [-0.2, 0) is 14.3 Å². The van der Waals surface area contributed by atoms with Crippen LogP contribution in [0, 0.1) is 17.9 Å². The summed E-state index contributed by atoms with van der Waals surface area (Å²) in [5, 5.41) is 0. The number of hydrogen-bond acceptors (Lipinski definition) is 3. The Kier molecular flexibility index (Phi) is 12.2. The van der Waals surface area contributed by atoms with Gasteiger partial charge in [-0.1, -0.05) is 40.5 Å². The zero-order chi connectivity index (χ0) is 13.5. The maximum Gasteiger partial charge on any atom is 1.00 e. The number of Topliss-reactive ketones (excluding diaryl/α,β-unsaturated/α-hetero) is 1. The second-order valence-electron chi connectivity index (χ2n) is 4.93. The van der Waals surface area contributed by atoms with Gasteiger partial charge in [0.15, 0.2) is 0 Å². The summed E-state index contributed by atoms with van der Waals surface area (Å²) in [6.07, 6.45) is 3.08. The van der Waals surface area contributed by atoms with Gasteiger partial charge in [-0.15, -0.1) is 0 Å². The molecule has 0 saturated carbocycles. The molecule has 0 saturated heterocycles. The number of esters is 1. The van der Waals surface area contributed by atoms with Crippen LogP contribution in [0.15, 0.2) is 6.08 Å². The van der Waals surface area contributed by atoms with Gasteiger partial charge in [0.2, 0.25) is 0 Å². The van der Waals surface area contributed by atoms with Gasteiger partial charge in [0.25, 0.3) is 0 Å². The Morgan fingerprint density at radius 1 is 1.39 bits per heavy atom. The second-order valence-corrected chi connectivity index (χ2v) is 4.93. The molecule has 0 aromatic rings. The minimum Gasteiger partial charge on any atom is -0.515 e. The fourth-order valence-corrected chi connectivity index (χ4v) is 1.62. The molecule has 0 unspecified atom stereocenters. The molecule has 0 aliphatic rings. The molecule has 18 heavy (non-hydrogen) atoms. The predicted octanol–water partition coefficient (Wildman–Crippen LogP) is -0.0556. The molecule has 98 valence electrons. The van der Waals surface area contributed by atoms with Crippen molar-refractivity contribution in [1.82, 2.24) is 0 Å². The van der Waals surface area contributed by atoms with E-state index in [4.69, 9.17) is 11.3 Å². The van der Waals surface area contributed by atoms with E-state index >= 15 is 0 Å². The molecule has 0 bridgehead atoms. The average molecular weight is 325 g/mol. The summed E-state index contributed by atoms with van der Waals surface area (Å²) in [4.78, 5) is 23.3. The van der Waals surface area contributed by atoms with Crippen LogP contribution in [0.1, 0.15) is 47.0 Å². The van der Waals surface area contributed by atoms with E-state index < -0.39 is 11.4 Å². The van der Waals surface area contributed by atoms with Crippen LogP contribution in [0.2, 0.25) is 0 Å². The maximum absolute atomic E-state index is 12.0. The molecule has 0 radical (unpaired) electrons. The Balaban J connectivity index is 0. The summed E-state index contributed by atoms with van der Waals surface area (Å²) in [7, 11) is 0. The summed E-state index contributed by atoms with van der Waals surface area (Å²) in [5.41, 5.74) is -0.485. The molecule has 0 aromatic heterocycles. The molecule has 0 spiro atoms. The van der Waals surface area contributed by atoms with E-state index in [1.54, 1.807) is 0 Å². The van der Waals surface area contributed by atoms with Crippen LogP contribution in [-0.4, -0.2) is 18.4 Å². The third-order valence-corrected chi connectivity index (χ3v) is 3.32. The summed E-state index contributed by atoms with van der Waals surface area (Å²) in [6.45, 7) is 13.0. The third kappa shape index (κ3) is 7.32. The second kappa shape index (κ2) is 10.5. The van der Waals surface area contributed by atoms with Gasteiger partial charge in [0.1, 0.15) is 12.2 Å². The molecule has 0 amide bonds. The van der Waals surface area contributed by atoms with Crippen molar-refractivity contribution in [2.75, 3.05) is 6.61 Å². The molecule has 0 aliphatic heterocycles. The Morgan fingerprint density at radius 2 is 1.94 bits per heavy atom. The quantitative estimate of drug-likeness (QED) is 0.357. The Labute approximate surface area is 160 Å². The minimum atomic E-state index is -0.506. The van der Waals surface area contributed by atoms with E-state index in [9.17, 15) is 9.59 Å². The fraction of sp³-hybridized carbons (Fsp3) is 0.714. The number of ether oxygens (including phenoxy) is 1. The van der Waals surface area contributed by atoms with Crippen LogP contribution >= 0.6 is 0 Å². The van der Waals surface area contributed by atoms with E-state index in [-0.39, 0.29) is 82.9 Å². The monoisotopic (exact) mass is 324 g/mol. The first-order valence-corrected chi connectivity index (χ1v) is 6.08. The largest absolute Gasteiger partial charge is 1.00 e. The van der Waals surface area contributed by atoms with Gasteiger partial charge in [-0.2, -0.15) is 0 Å². The van der Waals surface area contributed by atoms with Crippen molar-refractivity contribution < 1.29 is 72.5 Å². The molecule has 1 atom stereocenters. The van der Waals surface area contributed by atoms with Gasteiger partial charge in [-0.3, -0.25) is 9.59 Å². The zero-order valence-electron chi connectivity index (χ0n) is 12.3. The first-order valence-electron chi connectivity index (χ1n) is 6.08. The van der Waals surface area contributed by atoms with Crippen LogP contribution in [0.3, 0.4) is 0 Å². The van der Waals surface area contributed by atoms with Crippen LogP contribution in [0.4, 0.5) is 0 Å². The smallest absolute Gasteiger partial charge is 0.515 e. The SMILES string of the molecule is [CH-]=CCOC(=O)CC(=O)C(C)(C)[C@@H](C)CCC.[Rb+]. The molecule has 0 heterocycles. The molecule has 0 aromatic carbocycles. The molecular weight excluding hydrogens is 302 g/mol. The molecular formula is C14H23O3Rb. The van der Waals surface area contributed by atoms with Gasteiger partial charge >= 0.3 is 64.2 Å². The van der Waals surface area contributed by atoms with E-state index in [2.05, 4.69) is 6.92 Å². The van der Waals surface area contributed by atoms with Crippen molar-refractivity contribution >= 4 is 11.8 Å². The van der Waals surface area contributed by atoms with Gasteiger partial charge in [0.05, 0.1) is 6.61 Å². The van der Waals surface area contributed by atoms with Crippen LogP contribution in [0.25, 0.3) is 0 Å². The predicted molar refractivity (Wildman–Crippen MR) is 67.3 cm³/mol. The Bertz CT molecular complexity index is 285. The number of carbonyl (C=O) groups excluding carboxylic acids is 2. The number of carbonyl (C=O) groups is 2. The number of rotatable bonds is 8. The van der Waals surface area contributed by atoms with Crippen LogP contribution < -0.4 is 58.2 Å². The summed E-state index contributed by atoms with van der Waals surface area (Å²) in [5.74, 6) is -0.317. The first-order chi connectivity index (χ1) is 7.86. The van der Waals surface area contributed by atoms with Crippen molar-refractivity contribution in [3.05, 3.63) is 12.7 Å². The molecule has 4 heteroatoms. The topological polar surface area (TPSA) is 43.4 Å². The van der Waals surface area contributed by atoms with E-state index in [1.165, 1.54) is 6.08 Å². The van der Waals surface area contributed by atoms with Gasteiger partial charge < -0.3 is 11.3 Å². The molecule has 0 fully saturated rings. The maximum atomic E-state index is 12.0. The normalized spacial score (nSPS) is 12.2. The Hall–Kier alpha value is 0.685. The van der Waals surface area contributed by atoms with Crippen molar-refractivity contribution in [3.63, 3.8) is 0 Å². The molecule has 0 rings (SSSR count). The van der Waals surface area contributed by atoms with Crippen molar-refractivity contribution in [3.8, 4) is 0 Å². The summed E-state index contributed by atoms with van der Waals surface area (Å²) >= 11 is 0. The van der Waals surface area contributed by atoms with Gasteiger partial charge in [-0.25, -0.2) is 6.08 Å². The minimum absolute atomic E-state index is 0. The molecule has 0 aliphatic carbocycles. The third-order valence-electron chi connectivity index (χ3n) is 3.32. The first kappa shape index (κ1) is 21.0. The fourth-order valence-electron chi connectivity index (χ4n) is 1.62. The standard InChI is InChI=1S/C14H23O3.Rb/c1-6-8-11(3)14(4,5)12(15)10-13(16)17-9-7-2;/h2,7,11H,6,8-10H2,1,3-5H3;/q-1;+1/t11-;/m0./s1. The zero-order valence-corrected chi connectivity index (χ0v) is 17.2. The van der Waals surface area contributed by atoms with Crippen molar-refractivity contribution in [1.29, 1.82) is 0 Å². The number of ketones is 1. The number of hydrogen-bond donors (Lipinski definition) is 0. The average Bonchev–Trinajstić information content (AvgIpc) is 2.26. The summed E-state index contributed by atoms with van der Waals surface area (Å²) < 4.78 is 4.76. The molecule has 3 nitrogen and oxygen atoms in total. The van der Waals surface area contributed by atoms with Gasteiger partial charge in [-0.05, 0) is 5.92 Å². The van der Waals surface area contributed by atoms with Gasteiger partial charge in [0, 0.05) is 5.41 Å². The summed E-state index contributed by atoms with van der Waals surface area (Å²) in [6, 6.07) is 0. The van der Waals surface area contributed by atoms with Crippen molar-refractivity contribution in [2.24, 2.45) is 11.3 Å². The Morgan fingerprint density at radius 3 is 2.39 bits per heavy atom. The van der Waals surface area contributed by atoms with Crippen molar-refractivity contribution in [2.45, 2.75) is 47.0 Å². The van der Waals surface area contributed by atoms with E-state index in [1.807, 2.05) is 20.8 Å². The molecule has 0 N–H and O–H groups in total. The van der Waals surface area contributed by atoms with E-state index in [0.29, 0.717) is 0 Å². The van der Waals surface area contributed by atoms with Crippen LogP contribution in [0.5, 0.6) is 0 Å².